The summed E-state index contributed by atoms with van der Waals surface area (Å²) in [6, 6.07) is 0. The van der Waals surface area contributed by atoms with Crippen LogP contribution in [0.25, 0.3) is 0 Å². The number of hydrogen-bond acceptors (Lipinski definition) is 5. The maximum atomic E-state index is 10.8. The Morgan fingerprint density at radius 1 is 1.36 bits per heavy atom. The molecule has 0 aliphatic heterocycles. The Balaban J connectivity index is 0. The van der Waals surface area contributed by atoms with Gasteiger partial charge in [0, 0.05) is 12.2 Å². The molecule has 0 spiro atoms. The summed E-state index contributed by atoms with van der Waals surface area (Å²) < 4.78 is 30.3. The fourth-order valence-electron chi connectivity index (χ4n) is 0.569. The first-order chi connectivity index (χ1) is 5.74. The first-order valence-corrected chi connectivity index (χ1v) is 4.98. The van der Waals surface area contributed by atoms with Gasteiger partial charge in [-0.05, 0) is 12.5 Å². The van der Waals surface area contributed by atoms with E-state index < -0.39 is 33.9 Å². The Morgan fingerprint density at radius 2 is 1.79 bits per heavy atom. The van der Waals surface area contributed by atoms with Crippen LogP contribution in [0.1, 0.15) is 13.3 Å². The first-order valence-electron chi connectivity index (χ1n) is 3.40. The topological polar surface area (TPSA) is 91.3 Å². The molecule has 0 radical (unpaired) electrons. The van der Waals surface area contributed by atoms with E-state index in [1.165, 1.54) is 6.92 Å². The zero-order valence-corrected chi connectivity index (χ0v) is 10.9. The van der Waals surface area contributed by atoms with Crippen molar-refractivity contribution < 1.29 is 52.1 Å². The largest absolute Gasteiger partial charge is 1.00 e. The van der Waals surface area contributed by atoms with Crippen LogP contribution >= 0.6 is 0 Å². The molecule has 0 amide bonds. The molecule has 0 atom stereocenters. The van der Waals surface area contributed by atoms with Crippen LogP contribution in [0, 0.1) is 0 Å². The summed E-state index contributed by atoms with van der Waals surface area (Å²) in [6.45, 7) is 4.56. The van der Waals surface area contributed by atoms with Gasteiger partial charge in [0.1, 0.15) is 0 Å². The Labute approximate surface area is 105 Å². The van der Waals surface area contributed by atoms with Gasteiger partial charge in [0.25, 0.3) is 0 Å². The second-order valence-corrected chi connectivity index (χ2v) is 4.07. The molecule has 0 saturated heterocycles. The molecule has 0 aromatic heterocycles. The van der Waals surface area contributed by atoms with E-state index in [-0.39, 0.29) is 35.1 Å². The molecule has 0 bridgehead atoms. The summed E-state index contributed by atoms with van der Waals surface area (Å²) >= 11 is 0. The molecule has 0 saturated carbocycles. The van der Waals surface area contributed by atoms with Crippen LogP contribution in [0.15, 0.2) is 12.2 Å². The van der Waals surface area contributed by atoms with Gasteiger partial charge in [0.05, 0.1) is 10.1 Å². The van der Waals surface area contributed by atoms with Crippen LogP contribution in [0.2, 0.25) is 0 Å². The Morgan fingerprint density at radius 3 is 2.07 bits per heavy atom. The summed E-state index contributed by atoms with van der Waals surface area (Å²) in [5.74, 6) is -2.57. The summed E-state index contributed by atoms with van der Waals surface area (Å²) in [6.07, 6.45) is -0.572. The molecule has 0 aromatic carbocycles. The fraction of sp³-hybridized carbons (Fsp3) is 0.429. The van der Waals surface area contributed by atoms with Crippen molar-refractivity contribution in [2.45, 2.75) is 13.3 Å². The van der Waals surface area contributed by atoms with E-state index in [1.54, 1.807) is 0 Å². The summed E-state index contributed by atoms with van der Waals surface area (Å²) in [5, 5.41) is 0. The smallest absolute Gasteiger partial charge is 0.748 e. The van der Waals surface area contributed by atoms with Gasteiger partial charge in [-0.3, -0.25) is 9.59 Å². The van der Waals surface area contributed by atoms with E-state index in [0.29, 0.717) is 0 Å². The van der Waals surface area contributed by atoms with Gasteiger partial charge >= 0.3 is 29.6 Å². The number of Topliss-reactive ketones (excluding diaryl/α,β-unsaturated/α-hetero) is 2. The van der Waals surface area contributed by atoms with Gasteiger partial charge in [0.15, 0.2) is 0 Å². The molecule has 0 aliphatic rings. The molecule has 0 aromatic rings. The van der Waals surface area contributed by atoms with E-state index in [4.69, 9.17) is 0 Å². The van der Waals surface area contributed by atoms with E-state index in [1.807, 2.05) is 0 Å². The molecule has 0 heterocycles. The number of carbonyl (C=O) groups is 2. The van der Waals surface area contributed by atoms with Crippen molar-refractivity contribution in [3.05, 3.63) is 12.2 Å². The van der Waals surface area contributed by atoms with Crippen LogP contribution in [-0.4, -0.2) is 30.3 Å². The molecule has 0 fully saturated rings. The minimum atomic E-state index is -4.43. The predicted molar refractivity (Wildman–Crippen MR) is 44.0 cm³/mol. The number of rotatable bonds is 5. The van der Waals surface area contributed by atoms with Crippen LogP contribution in [-0.2, 0) is 19.7 Å². The van der Waals surface area contributed by atoms with Crippen molar-refractivity contribution in [1.29, 1.82) is 0 Å². The van der Waals surface area contributed by atoms with Crippen LogP contribution in [0.3, 0.4) is 0 Å². The third kappa shape index (κ3) is 7.40. The zero-order chi connectivity index (χ0) is 10.6. The molecule has 0 rings (SSSR count). The first kappa shape index (κ1) is 16.4. The van der Waals surface area contributed by atoms with Gasteiger partial charge in [-0.1, -0.05) is 6.58 Å². The third-order valence-corrected chi connectivity index (χ3v) is 1.92. The van der Waals surface area contributed by atoms with Crippen LogP contribution < -0.4 is 29.6 Å². The van der Waals surface area contributed by atoms with Gasteiger partial charge < -0.3 is 4.55 Å². The number of carbonyl (C=O) groups excluding carboxylic acids is 2. The van der Waals surface area contributed by atoms with Crippen LogP contribution in [0.4, 0.5) is 0 Å². The average Bonchev–Trinajstić information content (AvgIpc) is 1.97. The monoisotopic (exact) mass is 228 g/mol. The Kier molecular flexibility index (Phi) is 7.59. The van der Waals surface area contributed by atoms with E-state index in [2.05, 4.69) is 6.58 Å². The molecular weight excluding hydrogens is 219 g/mol. The second-order valence-electron chi connectivity index (χ2n) is 2.54. The maximum absolute atomic E-state index is 10.8. The normalized spacial score (nSPS) is 10.1. The summed E-state index contributed by atoms with van der Waals surface area (Å²) in [7, 11) is -4.43. The Bertz CT molecular complexity index is 343. The maximum Gasteiger partial charge on any atom is 1.00 e. The van der Waals surface area contributed by atoms with Crippen molar-refractivity contribution in [3.63, 3.8) is 0 Å². The quantitative estimate of drug-likeness (QED) is 0.212. The third-order valence-electron chi connectivity index (χ3n) is 1.22. The Hall–Kier alpha value is -0.0100. The van der Waals surface area contributed by atoms with Gasteiger partial charge in [-0.15, -0.1) is 0 Å². The van der Waals surface area contributed by atoms with Crippen molar-refractivity contribution in [1.82, 2.24) is 0 Å². The van der Waals surface area contributed by atoms with Crippen molar-refractivity contribution in [2.24, 2.45) is 0 Å². The van der Waals surface area contributed by atoms with E-state index >= 15 is 0 Å². The van der Waals surface area contributed by atoms with Gasteiger partial charge in [-0.2, -0.15) is 0 Å². The number of hydrogen-bond donors (Lipinski definition) is 0. The average molecular weight is 228 g/mol. The standard InChI is InChI=1S/C7H10O5S.Na/c1-5(2)7(9)6(8)3-4-13(10,11)12;/h1,3-4H2,2H3,(H,10,11,12);/q;+1/p-1. The molecule has 5 nitrogen and oxygen atoms in total. The minimum absolute atomic E-state index is 0. The van der Waals surface area contributed by atoms with Crippen LogP contribution in [0.5, 0.6) is 0 Å². The molecule has 0 unspecified atom stereocenters. The van der Waals surface area contributed by atoms with Crippen molar-refractivity contribution in [3.8, 4) is 0 Å². The second kappa shape index (κ2) is 6.47. The molecule has 0 N–H and O–H groups in total. The molecule has 7 heteroatoms. The zero-order valence-electron chi connectivity index (χ0n) is 8.07. The van der Waals surface area contributed by atoms with E-state index in [0.717, 1.165) is 0 Å². The summed E-state index contributed by atoms with van der Waals surface area (Å²) in [4.78, 5) is 21.6. The minimum Gasteiger partial charge on any atom is -0.748 e. The molecule has 14 heavy (non-hydrogen) atoms. The van der Waals surface area contributed by atoms with Crippen molar-refractivity contribution >= 4 is 21.7 Å². The molecular formula is C7H9NaO5S. The number of allylic oxidation sites excluding steroid dienone is 1. The predicted octanol–water partition coefficient (Wildman–Crippen LogP) is -3.36. The number of ketones is 2. The molecule has 0 aliphatic carbocycles. The molecule has 74 valence electrons. The van der Waals surface area contributed by atoms with E-state index in [9.17, 15) is 22.6 Å². The summed E-state index contributed by atoms with van der Waals surface area (Å²) in [5.41, 5.74) is 0.0355. The van der Waals surface area contributed by atoms with Gasteiger partial charge in [-0.25, -0.2) is 8.42 Å². The SMILES string of the molecule is C=C(C)C(=O)C(=O)CCS(=O)(=O)[O-].[Na+]. The fourth-order valence-corrected chi connectivity index (χ4v) is 1.00. The van der Waals surface area contributed by atoms with Gasteiger partial charge in [0.2, 0.25) is 11.6 Å². The van der Waals surface area contributed by atoms with Crippen molar-refractivity contribution in [2.75, 3.05) is 5.75 Å².